The van der Waals surface area contributed by atoms with Crippen LogP contribution in [0.15, 0.2) is 71.4 Å². The molecule has 0 bridgehead atoms. The first-order valence-electron chi connectivity index (χ1n) is 8.64. The highest BCUT2D eigenvalue weighted by Gasteiger charge is 2.10. The summed E-state index contributed by atoms with van der Waals surface area (Å²) in [7, 11) is 0. The van der Waals surface area contributed by atoms with Crippen molar-refractivity contribution in [1.82, 2.24) is 0 Å². The lowest BCUT2D eigenvalue weighted by Gasteiger charge is -2.07. The van der Waals surface area contributed by atoms with E-state index in [0.717, 1.165) is 36.9 Å². The van der Waals surface area contributed by atoms with E-state index in [0.29, 0.717) is 17.9 Å². The molecule has 4 heteroatoms. The molecule has 2 rings (SSSR count). The maximum Gasteiger partial charge on any atom is 0.338 e. The smallest absolute Gasteiger partial charge is 0.338 e. The van der Waals surface area contributed by atoms with Gasteiger partial charge in [-0.15, -0.1) is 0 Å². The Labute approximate surface area is 149 Å². The zero-order valence-electron chi connectivity index (χ0n) is 14.6. The molecule has 2 aromatic rings. The van der Waals surface area contributed by atoms with E-state index in [-0.39, 0.29) is 5.97 Å². The standard InChI is InChI=1S/C21H24N2O2/c1-3-4-5-9-16-25-21(24)17(2)18-12-14-20(15-13-18)23-22-19-10-7-6-8-11-19/h6-8,10-15H,2-5,9,16H2,1H3. The minimum atomic E-state index is -0.366. The van der Waals surface area contributed by atoms with Gasteiger partial charge in [0.05, 0.1) is 23.6 Å². The fourth-order valence-electron chi connectivity index (χ4n) is 2.24. The third-order valence-corrected chi connectivity index (χ3v) is 3.73. The van der Waals surface area contributed by atoms with Gasteiger partial charge in [0.2, 0.25) is 0 Å². The normalized spacial score (nSPS) is 10.8. The molecule has 0 aliphatic carbocycles. The van der Waals surface area contributed by atoms with Crippen LogP contribution in [0.1, 0.15) is 38.2 Å². The number of azo groups is 1. The number of ether oxygens (including phenoxy) is 1. The van der Waals surface area contributed by atoms with Crippen molar-refractivity contribution in [3.8, 4) is 0 Å². The predicted octanol–water partition coefficient (Wildman–Crippen LogP) is 6.24. The van der Waals surface area contributed by atoms with Gasteiger partial charge < -0.3 is 4.74 Å². The van der Waals surface area contributed by atoms with Crippen LogP contribution in [0.3, 0.4) is 0 Å². The molecule has 0 atom stereocenters. The summed E-state index contributed by atoms with van der Waals surface area (Å²) in [5.41, 5.74) is 2.61. The highest BCUT2D eigenvalue weighted by atomic mass is 16.5. The number of rotatable bonds is 9. The maximum atomic E-state index is 12.0. The third kappa shape index (κ3) is 6.34. The van der Waals surface area contributed by atoms with Gasteiger partial charge in [-0.2, -0.15) is 10.2 Å². The Morgan fingerprint density at radius 2 is 1.56 bits per heavy atom. The average Bonchev–Trinajstić information content (AvgIpc) is 2.66. The number of hydrogen-bond donors (Lipinski definition) is 0. The molecule has 2 aromatic carbocycles. The molecule has 0 heterocycles. The minimum absolute atomic E-state index is 0.363. The topological polar surface area (TPSA) is 51.0 Å². The Kier molecular flexibility index (Phi) is 7.57. The molecule has 0 aliphatic rings. The van der Waals surface area contributed by atoms with E-state index in [1.807, 2.05) is 42.5 Å². The first-order chi connectivity index (χ1) is 12.2. The van der Waals surface area contributed by atoms with Gasteiger partial charge in [0.1, 0.15) is 0 Å². The van der Waals surface area contributed by atoms with Gasteiger partial charge in [-0.05, 0) is 36.2 Å². The molecular formula is C21H24N2O2. The summed E-state index contributed by atoms with van der Waals surface area (Å²) in [6, 6.07) is 16.8. The number of esters is 1. The molecule has 0 radical (unpaired) electrons. The van der Waals surface area contributed by atoms with Crippen LogP contribution in [0.5, 0.6) is 0 Å². The van der Waals surface area contributed by atoms with E-state index >= 15 is 0 Å². The van der Waals surface area contributed by atoms with Crippen LogP contribution in [0, 0.1) is 0 Å². The summed E-state index contributed by atoms with van der Waals surface area (Å²) >= 11 is 0. The molecule has 25 heavy (non-hydrogen) atoms. The lowest BCUT2D eigenvalue weighted by Crippen LogP contribution is -2.07. The zero-order valence-corrected chi connectivity index (χ0v) is 14.6. The molecule has 0 aliphatic heterocycles. The Balaban J connectivity index is 1.87. The second-order valence-corrected chi connectivity index (χ2v) is 5.76. The molecule has 0 spiro atoms. The first-order valence-corrected chi connectivity index (χ1v) is 8.64. The lowest BCUT2D eigenvalue weighted by atomic mass is 10.1. The maximum absolute atomic E-state index is 12.0. The number of carbonyl (C=O) groups excluding carboxylic acids is 1. The van der Waals surface area contributed by atoms with E-state index in [2.05, 4.69) is 23.7 Å². The van der Waals surface area contributed by atoms with Crippen molar-refractivity contribution >= 4 is 22.9 Å². The summed E-state index contributed by atoms with van der Waals surface area (Å²) in [5.74, 6) is -0.366. The van der Waals surface area contributed by atoms with E-state index in [4.69, 9.17) is 4.74 Å². The van der Waals surface area contributed by atoms with Crippen molar-refractivity contribution < 1.29 is 9.53 Å². The summed E-state index contributed by atoms with van der Waals surface area (Å²) in [5, 5.41) is 8.34. The van der Waals surface area contributed by atoms with Gasteiger partial charge in [0, 0.05) is 0 Å². The Hall–Kier alpha value is -2.75. The fraction of sp³-hybridized carbons (Fsp3) is 0.286. The Bertz CT molecular complexity index is 706. The van der Waals surface area contributed by atoms with Crippen molar-refractivity contribution in [2.45, 2.75) is 32.6 Å². The quantitative estimate of drug-likeness (QED) is 0.235. The minimum Gasteiger partial charge on any atom is -0.462 e. The van der Waals surface area contributed by atoms with Crippen LogP contribution in [0.25, 0.3) is 5.57 Å². The lowest BCUT2D eigenvalue weighted by molar-refractivity contribution is -0.136. The molecule has 0 fully saturated rings. The molecular weight excluding hydrogens is 312 g/mol. The summed E-state index contributed by atoms with van der Waals surface area (Å²) in [6.45, 7) is 6.43. The number of nitrogens with zero attached hydrogens (tertiary/aromatic N) is 2. The van der Waals surface area contributed by atoms with Gasteiger partial charge in [-0.1, -0.05) is 63.1 Å². The number of carbonyl (C=O) groups is 1. The monoisotopic (exact) mass is 336 g/mol. The highest BCUT2D eigenvalue weighted by Crippen LogP contribution is 2.21. The molecule has 4 nitrogen and oxygen atoms in total. The number of hydrogen-bond acceptors (Lipinski definition) is 4. The first kappa shape index (κ1) is 18.6. The van der Waals surface area contributed by atoms with Crippen LogP contribution < -0.4 is 0 Å². The second kappa shape index (κ2) is 10.2. The molecule has 0 unspecified atom stereocenters. The van der Waals surface area contributed by atoms with Crippen molar-refractivity contribution in [3.63, 3.8) is 0 Å². The molecule has 130 valence electrons. The van der Waals surface area contributed by atoms with Gasteiger partial charge in [-0.3, -0.25) is 0 Å². The largest absolute Gasteiger partial charge is 0.462 e. The van der Waals surface area contributed by atoms with Gasteiger partial charge >= 0.3 is 5.97 Å². The van der Waals surface area contributed by atoms with Crippen LogP contribution >= 0.6 is 0 Å². The molecule has 0 saturated carbocycles. The highest BCUT2D eigenvalue weighted by molar-refractivity contribution is 6.15. The van der Waals surface area contributed by atoms with Gasteiger partial charge in [0.25, 0.3) is 0 Å². The zero-order chi connectivity index (χ0) is 17.9. The van der Waals surface area contributed by atoms with E-state index in [1.165, 1.54) is 0 Å². The van der Waals surface area contributed by atoms with Crippen LogP contribution in [-0.2, 0) is 9.53 Å². The van der Waals surface area contributed by atoms with Crippen LogP contribution in [0.4, 0.5) is 11.4 Å². The summed E-state index contributed by atoms with van der Waals surface area (Å²) < 4.78 is 5.26. The fourth-order valence-corrected chi connectivity index (χ4v) is 2.24. The Morgan fingerprint density at radius 3 is 2.20 bits per heavy atom. The second-order valence-electron chi connectivity index (χ2n) is 5.76. The summed E-state index contributed by atoms with van der Waals surface area (Å²) in [4.78, 5) is 12.0. The van der Waals surface area contributed by atoms with E-state index < -0.39 is 0 Å². The van der Waals surface area contributed by atoms with Gasteiger partial charge in [-0.25, -0.2) is 4.79 Å². The number of benzene rings is 2. The SMILES string of the molecule is C=C(C(=O)OCCCCCC)c1ccc(N=Nc2ccccc2)cc1. The number of unbranched alkanes of at least 4 members (excludes halogenated alkanes) is 3. The van der Waals surface area contributed by atoms with Gasteiger partial charge in [0.15, 0.2) is 0 Å². The van der Waals surface area contributed by atoms with E-state index in [9.17, 15) is 4.79 Å². The molecule has 0 aromatic heterocycles. The average molecular weight is 336 g/mol. The Morgan fingerprint density at radius 1 is 0.920 bits per heavy atom. The summed E-state index contributed by atoms with van der Waals surface area (Å²) in [6.07, 6.45) is 4.30. The van der Waals surface area contributed by atoms with Crippen molar-refractivity contribution in [2.75, 3.05) is 6.61 Å². The molecule has 0 saturated heterocycles. The predicted molar refractivity (Wildman–Crippen MR) is 101 cm³/mol. The van der Waals surface area contributed by atoms with Crippen LogP contribution in [-0.4, -0.2) is 12.6 Å². The van der Waals surface area contributed by atoms with Crippen molar-refractivity contribution in [1.29, 1.82) is 0 Å². The van der Waals surface area contributed by atoms with E-state index in [1.54, 1.807) is 12.1 Å². The third-order valence-electron chi connectivity index (χ3n) is 3.73. The van der Waals surface area contributed by atoms with Crippen molar-refractivity contribution in [3.05, 3.63) is 66.7 Å². The van der Waals surface area contributed by atoms with Crippen LogP contribution in [0.2, 0.25) is 0 Å². The molecule has 0 N–H and O–H groups in total. The molecule has 0 amide bonds. The van der Waals surface area contributed by atoms with Crippen molar-refractivity contribution in [2.24, 2.45) is 10.2 Å².